The van der Waals surface area contributed by atoms with Gasteiger partial charge in [0.15, 0.2) is 0 Å². The van der Waals surface area contributed by atoms with Crippen LogP contribution in [0.2, 0.25) is 0 Å². The number of benzene rings is 1. The number of likely N-dealkylation sites (N-methyl/N-ethyl adjacent to an activating group) is 1. The second-order valence-corrected chi connectivity index (χ2v) is 6.10. The molecule has 1 rings (SSSR count). The fourth-order valence-corrected chi connectivity index (χ4v) is 2.86. The van der Waals surface area contributed by atoms with Crippen molar-refractivity contribution in [1.29, 1.82) is 0 Å². The maximum Gasteiger partial charge on any atom is 0.240 e. The first-order valence-electron chi connectivity index (χ1n) is 6.98. The van der Waals surface area contributed by atoms with Crippen LogP contribution in [0.5, 0.6) is 5.75 Å². The summed E-state index contributed by atoms with van der Waals surface area (Å²) in [5.41, 5.74) is 0. The molecule has 0 fully saturated rings. The monoisotopic (exact) mass is 300 g/mol. The number of ether oxygens (including phenoxy) is 1. The van der Waals surface area contributed by atoms with Crippen molar-refractivity contribution in [2.24, 2.45) is 0 Å². The second kappa shape index (κ2) is 8.24. The predicted molar refractivity (Wildman–Crippen MR) is 80.6 cm³/mol. The molecule has 6 heteroatoms. The Balaban J connectivity index is 2.59. The van der Waals surface area contributed by atoms with Gasteiger partial charge in [0.2, 0.25) is 10.0 Å². The molecule has 0 aliphatic heterocycles. The molecule has 0 unspecified atom stereocenters. The van der Waals surface area contributed by atoms with Gasteiger partial charge in [-0.15, -0.1) is 0 Å². The fraction of sp³-hybridized carbons (Fsp3) is 0.571. The Hall–Kier alpha value is -1.11. The Kier molecular flexibility index (Phi) is 6.98. The number of nitrogens with one attached hydrogen (secondary N) is 1. The van der Waals surface area contributed by atoms with E-state index in [0.717, 1.165) is 13.1 Å². The molecule has 0 radical (unpaired) electrons. The van der Waals surface area contributed by atoms with Gasteiger partial charge >= 0.3 is 0 Å². The summed E-state index contributed by atoms with van der Waals surface area (Å²) in [6.07, 6.45) is 0. The summed E-state index contributed by atoms with van der Waals surface area (Å²) in [4.78, 5) is 2.43. The minimum Gasteiger partial charge on any atom is -0.494 e. The smallest absolute Gasteiger partial charge is 0.240 e. The van der Waals surface area contributed by atoms with E-state index in [9.17, 15) is 8.42 Å². The van der Waals surface area contributed by atoms with Crippen molar-refractivity contribution in [3.63, 3.8) is 0 Å². The minimum absolute atomic E-state index is 0.264. The van der Waals surface area contributed by atoms with Gasteiger partial charge in [0, 0.05) is 13.1 Å². The summed E-state index contributed by atoms with van der Waals surface area (Å²) in [7, 11) is -3.44. The molecule has 114 valence electrons. The van der Waals surface area contributed by atoms with E-state index < -0.39 is 10.0 Å². The van der Waals surface area contributed by atoms with E-state index in [1.807, 2.05) is 6.92 Å². The van der Waals surface area contributed by atoms with E-state index in [1.54, 1.807) is 24.3 Å². The maximum atomic E-state index is 12.1. The first-order valence-corrected chi connectivity index (χ1v) is 8.46. The van der Waals surface area contributed by atoms with E-state index in [2.05, 4.69) is 23.5 Å². The van der Waals surface area contributed by atoms with Crippen LogP contribution in [-0.2, 0) is 10.0 Å². The van der Waals surface area contributed by atoms with Gasteiger partial charge in [0.1, 0.15) is 5.75 Å². The van der Waals surface area contributed by atoms with Gasteiger partial charge in [-0.3, -0.25) is 0 Å². The van der Waals surface area contributed by atoms with Crippen molar-refractivity contribution >= 4 is 10.0 Å². The Morgan fingerprint density at radius 2 is 1.70 bits per heavy atom. The molecule has 0 heterocycles. The van der Waals surface area contributed by atoms with Crippen molar-refractivity contribution in [2.45, 2.75) is 25.7 Å². The van der Waals surface area contributed by atoms with Gasteiger partial charge in [-0.1, -0.05) is 13.8 Å². The third-order valence-corrected chi connectivity index (χ3v) is 4.54. The molecule has 1 N–H and O–H groups in total. The molecule has 0 aliphatic carbocycles. The summed E-state index contributed by atoms with van der Waals surface area (Å²) < 4.78 is 32.1. The third kappa shape index (κ3) is 5.11. The first kappa shape index (κ1) is 16.9. The largest absolute Gasteiger partial charge is 0.494 e. The summed E-state index contributed by atoms with van der Waals surface area (Å²) in [6, 6.07) is 6.46. The van der Waals surface area contributed by atoms with Gasteiger partial charge in [-0.2, -0.15) is 0 Å². The van der Waals surface area contributed by atoms with E-state index in [1.165, 1.54) is 0 Å². The van der Waals surface area contributed by atoms with E-state index in [4.69, 9.17) is 4.74 Å². The molecule has 0 aromatic heterocycles. The van der Waals surface area contributed by atoms with Gasteiger partial charge < -0.3 is 9.64 Å². The molecule has 5 nitrogen and oxygen atoms in total. The minimum atomic E-state index is -3.44. The van der Waals surface area contributed by atoms with Crippen molar-refractivity contribution in [3.05, 3.63) is 24.3 Å². The third-order valence-electron chi connectivity index (χ3n) is 3.06. The maximum absolute atomic E-state index is 12.1. The zero-order valence-electron chi connectivity index (χ0n) is 12.4. The molecule has 0 amide bonds. The highest BCUT2D eigenvalue weighted by Gasteiger charge is 2.13. The lowest BCUT2D eigenvalue weighted by molar-refractivity contribution is 0.309. The van der Waals surface area contributed by atoms with E-state index in [0.29, 0.717) is 25.4 Å². The fourth-order valence-electron chi connectivity index (χ4n) is 1.84. The predicted octanol–water partition coefficient (Wildman–Crippen LogP) is 1.71. The SMILES string of the molecule is CCOc1ccc(S(=O)(=O)NCCN(CC)CC)cc1. The van der Waals surface area contributed by atoms with Crippen LogP contribution in [0.4, 0.5) is 0 Å². The van der Waals surface area contributed by atoms with Crippen LogP contribution in [-0.4, -0.2) is 46.1 Å². The second-order valence-electron chi connectivity index (χ2n) is 4.33. The Morgan fingerprint density at radius 1 is 1.10 bits per heavy atom. The zero-order chi connectivity index (χ0) is 15.0. The molecule has 0 atom stereocenters. The van der Waals surface area contributed by atoms with Crippen molar-refractivity contribution in [2.75, 3.05) is 32.8 Å². The van der Waals surface area contributed by atoms with Crippen LogP contribution < -0.4 is 9.46 Å². The van der Waals surface area contributed by atoms with Crippen LogP contribution in [0.15, 0.2) is 29.2 Å². The van der Waals surface area contributed by atoms with Crippen LogP contribution in [0.1, 0.15) is 20.8 Å². The summed E-state index contributed by atoms with van der Waals surface area (Å²) in [5, 5.41) is 0. The summed E-state index contributed by atoms with van der Waals surface area (Å²) in [5.74, 6) is 0.676. The molecule has 0 saturated heterocycles. The number of hydrogen-bond donors (Lipinski definition) is 1. The molecule has 0 spiro atoms. The zero-order valence-corrected chi connectivity index (χ0v) is 13.2. The van der Waals surface area contributed by atoms with Crippen molar-refractivity contribution in [1.82, 2.24) is 9.62 Å². The molecular formula is C14H24N2O3S. The Labute approximate surface area is 122 Å². The highest BCUT2D eigenvalue weighted by atomic mass is 32.2. The lowest BCUT2D eigenvalue weighted by Crippen LogP contribution is -2.34. The lowest BCUT2D eigenvalue weighted by atomic mass is 10.3. The number of nitrogens with zero attached hydrogens (tertiary/aromatic N) is 1. The molecule has 0 bridgehead atoms. The number of sulfonamides is 1. The van der Waals surface area contributed by atoms with E-state index >= 15 is 0 Å². The van der Waals surface area contributed by atoms with Crippen LogP contribution in [0.3, 0.4) is 0 Å². The van der Waals surface area contributed by atoms with Crippen molar-refractivity contribution in [3.8, 4) is 5.75 Å². The molecule has 0 aliphatic rings. The van der Waals surface area contributed by atoms with Gasteiger partial charge in [-0.25, -0.2) is 13.1 Å². The first-order chi connectivity index (χ1) is 9.53. The standard InChI is InChI=1S/C14H24N2O3S/c1-4-16(5-2)12-11-15-20(17,18)14-9-7-13(8-10-14)19-6-3/h7-10,15H,4-6,11-12H2,1-3H3. The summed E-state index contributed by atoms with van der Waals surface area (Å²) >= 11 is 0. The quantitative estimate of drug-likeness (QED) is 0.754. The number of hydrogen-bond acceptors (Lipinski definition) is 4. The molecule has 1 aromatic rings. The molecular weight excluding hydrogens is 276 g/mol. The molecule has 1 aromatic carbocycles. The van der Waals surface area contributed by atoms with E-state index in [-0.39, 0.29) is 4.90 Å². The van der Waals surface area contributed by atoms with Gasteiger partial charge in [-0.05, 0) is 44.3 Å². The Bertz CT molecular complexity index is 482. The highest BCUT2D eigenvalue weighted by Crippen LogP contribution is 2.15. The van der Waals surface area contributed by atoms with Crippen LogP contribution in [0, 0.1) is 0 Å². The lowest BCUT2D eigenvalue weighted by Gasteiger charge is -2.18. The number of rotatable bonds is 9. The van der Waals surface area contributed by atoms with Crippen LogP contribution in [0.25, 0.3) is 0 Å². The normalized spacial score (nSPS) is 11.8. The average Bonchev–Trinajstić information content (AvgIpc) is 2.44. The van der Waals surface area contributed by atoms with Crippen LogP contribution >= 0.6 is 0 Å². The van der Waals surface area contributed by atoms with Gasteiger partial charge in [0.05, 0.1) is 11.5 Å². The van der Waals surface area contributed by atoms with Crippen molar-refractivity contribution < 1.29 is 13.2 Å². The summed E-state index contributed by atoms with van der Waals surface area (Å²) in [6.45, 7) is 9.53. The molecule has 20 heavy (non-hydrogen) atoms. The Morgan fingerprint density at radius 3 is 2.20 bits per heavy atom. The average molecular weight is 300 g/mol. The topological polar surface area (TPSA) is 58.6 Å². The highest BCUT2D eigenvalue weighted by molar-refractivity contribution is 7.89. The van der Waals surface area contributed by atoms with Gasteiger partial charge in [0.25, 0.3) is 0 Å². The molecule has 0 saturated carbocycles.